The Morgan fingerprint density at radius 3 is 2.42 bits per heavy atom. The van der Waals surface area contributed by atoms with Gasteiger partial charge in [0.25, 0.3) is 0 Å². The Morgan fingerprint density at radius 1 is 1.17 bits per heavy atom. The first-order chi connectivity index (χ1) is 11.6. The Bertz CT molecular complexity index is 664. The van der Waals surface area contributed by atoms with E-state index in [1.165, 1.54) is 5.56 Å². The van der Waals surface area contributed by atoms with Crippen molar-refractivity contribution in [2.45, 2.75) is 32.5 Å². The third-order valence-corrected chi connectivity index (χ3v) is 4.73. The molecule has 0 saturated carbocycles. The molecular formula is C19H26N4O. The average molecular weight is 326 g/mol. The molecule has 1 aromatic heterocycles. The smallest absolute Gasteiger partial charge is 0.236 e. The highest BCUT2D eigenvalue weighted by molar-refractivity contribution is 5.59. The predicted molar refractivity (Wildman–Crippen MR) is 98.3 cm³/mol. The largest absolute Gasteiger partial charge is 0.480 e. The van der Waals surface area contributed by atoms with E-state index in [-0.39, 0.29) is 0 Å². The van der Waals surface area contributed by atoms with Gasteiger partial charge in [-0.2, -0.15) is 0 Å². The molecule has 0 radical (unpaired) electrons. The van der Waals surface area contributed by atoms with Gasteiger partial charge >= 0.3 is 0 Å². The molecule has 0 spiro atoms. The van der Waals surface area contributed by atoms with E-state index in [4.69, 9.17) is 10.5 Å². The lowest BCUT2D eigenvalue weighted by atomic mass is 10.1. The zero-order valence-electron chi connectivity index (χ0n) is 14.6. The van der Waals surface area contributed by atoms with Crippen molar-refractivity contribution in [1.82, 2.24) is 9.88 Å². The SMILES string of the molecule is COc1ncc(N2C[C@@H](C)N(Cc3ccccc3)[C@@H](C)C2)cc1N. The van der Waals surface area contributed by atoms with E-state index in [1.807, 2.05) is 12.3 Å². The van der Waals surface area contributed by atoms with Crippen molar-refractivity contribution in [2.24, 2.45) is 0 Å². The number of nitrogen functional groups attached to an aromatic ring is 1. The number of pyridine rings is 1. The molecule has 128 valence electrons. The normalized spacial score (nSPS) is 21.7. The molecule has 2 atom stereocenters. The van der Waals surface area contributed by atoms with Gasteiger partial charge in [0.15, 0.2) is 0 Å². The van der Waals surface area contributed by atoms with Crippen molar-refractivity contribution >= 4 is 11.4 Å². The molecule has 0 aliphatic carbocycles. The van der Waals surface area contributed by atoms with Crippen LogP contribution in [-0.4, -0.2) is 42.2 Å². The maximum atomic E-state index is 6.01. The van der Waals surface area contributed by atoms with E-state index < -0.39 is 0 Å². The van der Waals surface area contributed by atoms with Gasteiger partial charge in [-0.05, 0) is 25.5 Å². The van der Waals surface area contributed by atoms with Gasteiger partial charge in [0.2, 0.25) is 5.88 Å². The van der Waals surface area contributed by atoms with Crippen molar-refractivity contribution < 1.29 is 4.74 Å². The zero-order chi connectivity index (χ0) is 17.1. The maximum Gasteiger partial charge on any atom is 0.236 e. The lowest BCUT2D eigenvalue weighted by Crippen LogP contribution is -2.56. The summed E-state index contributed by atoms with van der Waals surface area (Å²) in [6, 6.07) is 13.5. The molecule has 1 fully saturated rings. The van der Waals surface area contributed by atoms with Gasteiger partial charge in [0.1, 0.15) is 0 Å². The van der Waals surface area contributed by atoms with E-state index in [0.717, 1.165) is 25.3 Å². The minimum Gasteiger partial charge on any atom is -0.480 e. The fourth-order valence-electron chi connectivity index (χ4n) is 3.47. The molecule has 24 heavy (non-hydrogen) atoms. The summed E-state index contributed by atoms with van der Waals surface area (Å²) in [5.74, 6) is 0.488. The molecule has 2 aromatic rings. The summed E-state index contributed by atoms with van der Waals surface area (Å²) >= 11 is 0. The highest BCUT2D eigenvalue weighted by Crippen LogP contribution is 2.28. The molecule has 2 heterocycles. The van der Waals surface area contributed by atoms with Crippen LogP contribution in [0, 0.1) is 0 Å². The second kappa shape index (κ2) is 7.09. The number of benzene rings is 1. The summed E-state index contributed by atoms with van der Waals surface area (Å²) in [6.45, 7) is 7.48. The monoisotopic (exact) mass is 326 g/mol. The van der Waals surface area contributed by atoms with Crippen molar-refractivity contribution in [3.63, 3.8) is 0 Å². The highest BCUT2D eigenvalue weighted by atomic mass is 16.5. The second-order valence-corrected chi connectivity index (χ2v) is 6.55. The molecule has 5 heteroatoms. The van der Waals surface area contributed by atoms with Crippen LogP contribution in [0.25, 0.3) is 0 Å². The molecule has 1 aromatic carbocycles. The van der Waals surface area contributed by atoms with Crippen LogP contribution in [0.3, 0.4) is 0 Å². The van der Waals surface area contributed by atoms with Gasteiger partial charge in [-0.25, -0.2) is 4.98 Å². The number of hydrogen-bond donors (Lipinski definition) is 1. The van der Waals surface area contributed by atoms with Crippen molar-refractivity contribution in [1.29, 1.82) is 0 Å². The van der Waals surface area contributed by atoms with Gasteiger partial charge in [-0.1, -0.05) is 30.3 Å². The molecule has 1 aliphatic rings. The number of aromatic nitrogens is 1. The first kappa shape index (κ1) is 16.6. The molecule has 1 aliphatic heterocycles. The molecular weight excluding hydrogens is 300 g/mol. The number of piperazine rings is 1. The summed E-state index contributed by atoms with van der Waals surface area (Å²) in [4.78, 5) is 9.23. The Kier molecular flexibility index (Phi) is 4.90. The Balaban J connectivity index is 1.72. The fraction of sp³-hybridized carbons (Fsp3) is 0.421. The standard InChI is InChI=1S/C19H26N4O/c1-14-11-22(17-9-18(20)19(24-3)21-10-17)12-15(2)23(14)13-16-7-5-4-6-8-16/h4-10,14-15H,11-13,20H2,1-3H3/t14-,15+. The van der Waals surface area contributed by atoms with Gasteiger partial charge < -0.3 is 15.4 Å². The second-order valence-electron chi connectivity index (χ2n) is 6.55. The fourth-order valence-corrected chi connectivity index (χ4v) is 3.47. The van der Waals surface area contributed by atoms with E-state index in [9.17, 15) is 0 Å². The van der Waals surface area contributed by atoms with Crippen LogP contribution in [0.15, 0.2) is 42.6 Å². The van der Waals surface area contributed by atoms with Crippen LogP contribution in [-0.2, 0) is 6.54 Å². The van der Waals surface area contributed by atoms with Crippen LogP contribution in [0.4, 0.5) is 11.4 Å². The van der Waals surface area contributed by atoms with E-state index in [2.05, 4.69) is 59.0 Å². The lowest BCUT2D eigenvalue weighted by Gasteiger charge is -2.45. The van der Waals surface area contributed by atoms with E-state index in [0.29, 0.717) is 23.7 Å². The highest BCUT2D eigenvalue weighted by Gasteiger charge is 2.29. The molecule has 3 rings (SSSR count). The molecule has 1 saturated heterocycles. The summed E-state index contributed by atoms with van der Waals surface area (Å²) in [5, 5.41) is 0. The van der Waals surface area contributed by atoms with Crippen molar-refractivity contribution in [3.05, 3.63) is 48.2 Å². The Morgan fingerprint density at radius 2 is 1.83 bits per heavy atom. The number of anilines is 2. The Labute approximate surface area is 144 Å². The number of nitrogens with two attached hydrogens (primary N) is 1. The van der Waals surface area contributed by atoms with Crippen LogP contribution in [0.5, 0.6) is 5.88 Å². The molecule has 0 amide bonds. The van der Waals surface area contributed by atoms with Gasteiger partial charge in [0, 0.05) is 31.7 Å². The minimum atomic E-state index is 0.456. The summed E-state index contributed by atoms with van der Waals surface area (Å²) in [7, 11) is 1.59. The number of rotatable bonds is 4. The van der Waals surface area contributed by atoms with Crippen LogP contribution < -0.4 is 15.4 Å². The van der Waals surface area contributed by atoms with Gasteiger partial charge in [-0.3, -0.25) is 4.90 Å². The van der Waals surface area contributed by atoms with Gasteiger partial charge in [-0.15, -0.1) is 0 Å². The van der Waals surface area contributed by atoms with Crippen LogP contribution in [0.2, 0.25) is 0 Å². The third kappa shape index (κ3) is 3.46. The number of nitrogens with zero attached hydrogens (tertiary/aromatic N) is 3. The molecule has 5 nitrogen and oxygen atoms in total. The Hall–Kier alpha value is -2.27. The average Bonchev–Trinajstić information content (AvgIpc) is 2.59. The molecule has 0 unspecified atom stereocenters. The van der Waals surface area contributed by atoms with E-state index >= 15 is 0 Å². The predicted octanol–water partition coefficient (Wildman–Crippen LogP) is 2.77. The number of methoxy groups -OCH3 is 1. The molecule has 2 N–H and O–H groups in total. The maximum absolute atomic E-state index is 6.01. The number of ether oxygens (including phenoxy) is 1. The van der Waals surface area contributed by atoms with E-state index in [1.54, 1.807) is 7.11 Å². The quantitative estimate of drug-likeness (QED) is 0.936. The summed E-state index contributed by atoms with van der Waals surface area (Å²) in [6.07, 6.45) is 1.85. The molecule has 0 bridgehead atoms. The van der Waals surface area contributed by atoms with Gasteiger partial charge in [0.05, 0.1) is 24.7 Å². The summed E-state index contributed by atoms with van der Waals surface area (Å²) < 4.78 is 5.15. The van der Waals surface area contributed by atoms with Crippen molar-refractivity contribution in [3.8, 4) is 5.88 Å². The lowest BCUT2D eigenvalue weighted by molar-refractivity contribution is 0.123. The first-order valence-electron chi connectivity index (χ1n) is 8.42. The zero-order valence-corrected chi connectivity index (χ0v) is 14.6. The first-order valence-corrected chi connectivity index (χ1v) is 8.42. The van der Waals surface area contributed by atoms with Crippen molar-refractivity contribution in [2.75, 3.05) is 30.8 Å². The number of hydrogen-bond acceptors (Lipinski definition) is 5. The van der Waals surface area contributed by atoms with Crippen LogP contribution >= 0.6 is 0 Å². The topological polar surface area (TPSA) is 54.6 Å². The third-order valence-electron chi connectivity index (χ3n) is 4.73. The van der Waals surface area contributed by atoms with Crippen LogP contribution in [0.1, 0.15) is 19.4 Å². The summed E-state index contributed by atoms with van der Waals surface area (Å²) in [5.41, 5.74) is 9.02. The minimum absolute atomic E-state index is 0.456.